The molecule has 1 aromatic carbocycles. The standard InChI is InChI=1S/C14H20N2O5/c1-19-12-5-10(11(15)6-13(12)20-2)14(18)16-3-4-21-8-9(16)7-17/h5-6,9,17H,3-4,7-8,15H2,1-2H3. The number of aliphatic hydroxyl groups is 1. The second-order valence-electron chi connectivity index (χ2n) is 4.70. The molecule has 3 N–H and O–H groups in total. The van der Waals surface area contributed by atoms with Crippen LogP contribution < -0.4 is 15.2 Å². The van der Waals surface area contributed by atoms with Gasteiger partial charge in [-0.3, -0.25) is 4.79 Å². The number of nitrogens with zero attached hydrogens (tertiary/aromatic N) is 1. The molecule has 0 aliphatic carbocycles. The molecule has 1 aliphatic rings. The van der Waals surface area contributed by atoms with E-state index in [0.29, 0.717) is 42.5 Å². The van der Waals surface area contributed by atoms with Crippen LogP contribution in [-0.4, -0.2) is 62.5 Å². The van der Waals surface area contributed by atoms with E-state index in [0.717, 1.165) is 0 Å². The second-order valence-corrected chi connectivity index (χ2v) is 4.70. The number of amides is 1. The third-order valence-electron chi connectivity index (χ3n) is 3.49. The van der Waals surface area contributed by atoms with E-state index >= 15 is 0 Å². The summed E-state index contributed by atoms with van der Waals surface area (Å²) in [5, 5.41) is 9.36. The van der Waals surface area contributed by atoms with Crippen molar-refractivity contribution in [2.24, 2.45) is 0 Å². The Morgan fingerprint density at radius 3 is 2.71 bits per heavy atom. The molecular formula is C14H20N2O5. The minimum atomic E-state index is -0.362. The summed E-state index contributed by atoms with van der Waals surface area (Å²) in [5.41, 5.74) is 6.57. The van der Waals surface area contributed by atoms with Crippen LogP contribution in [0.4, 0.5) is 5.69 Å². The zero-order valence-corrected chi connectivity index (χ0v) is 12.2. The fraction of sp³-hybridized carbons (Fsp3) is 0.500. The number of methoxy groups -OCH3 is 2. The average Bonchev–Trinajstić information content (AvgIpc) is 2.53. The summed E-state index contributed by atoms with van der Waals surface area (Å²) < 4.78 is 15.6. The topological polar surface area (TPSA) is 94.3 Å². The monoisotopic (exact) mass is 296 g/mol. The van der Waals surface area contributed by atoms with E-state index in [9.17, 15) is 9.90 Å². The molecule has 1 amide bonds. The number of hydrogen-bond donors (Lipinski definition) is 2. The number of benzene rings is 1. The lowest BCUT2D eigenvalue weighted by Gasteiger charge is -2.34. The Labute approximate surface area is 123 Å². The van der Waals surface area contributed by atoms with E-state index in [4.69, 9.17) is 19.9 Å². The van der Waals surface area contributed by atoms with Gasteiger partial charge in [0.2, 0.25) is 0 Å². The molecule has 7 nitrogen and oxygen atoms in total. The van der Waals surface area contributed by atoms with Gasteiger partial charge in [-0.1, -0.05) is 0 Å². The van der Waals surface area contributed by atoms with Crippen LogP contribution in [0.5, 0.6) is 11.5 Å². The first-order valence-corrected chi connectivity index (χ1v) is 6.63. The first-order chi connectivity index (χ1) is 10.1. The molecule has 1 heterocycles. The number of carbonyl (C=O) groups excluding carboxylic acids is 1. The van der Waals surface area contributed by atoms with Gasteiger partial charge in [0, 0.05) is 18.3 Å². The van der Waals surface area contributed by atoms with Gasteiger partial charge in [0.15, 0.2) is 11.5 Å². The fourth-order valence-corrected chi connectivity index (χ4v) is 2.31. The van der Waals surface area contributed by atoms with Crippen molar-refractivity contribution in [2.45, 2.75) is 6.04 Å². The molecule has 1 atom stereocenters. The molecule has 21 heavy (non-hydrogen) atoms. The molecule has 1 unspecified atom stereocenters. The quantitative estimate of drug-likeness (QED) is 0.766. The van der Waals surface area contributed by atoms with Gasteiger partial charge in [0.1, 0.15) is 0 Å². The minimum absolute atomic E-state index is 0.154. The van der Waals surface area contributed by atoms with Crippen LogP contribution in [-0.2, 0) is 4.74 Å². The first-order valence-electron chi connectivity index (χ1n) is 6.63. The van der Waals surface area contributed by atoms with Crippen molar-refractivity contribution in [2.75, 3.05) is 46.3 Å². The molecule has 0 bridgehead atoms. The molecule has 2 rings (SSSR count). The number of nitrogens with two attached hydrogens (primary N) is 1. The zero-order chi connectivity index (χ0) is 15.4. The van der Waals surface area contributed by atoms with Gasteiger partial charge in [-0.05, 0) is 6.07 Å². The predicted molar refractivity (Wildman–Crippen MR) is 76.7 cm³/mol. The smallest absolute Gasteiger partial charge is 0.256 e. The van der Waals surface area contributed by atoms with Gasteiger partial charge in [-0.2, -0.15) is 0 Å². The van der Waals surface area contributed by atoms with Crippen LogP contribution in [0.3, 0.4) is 0 Å². The molecule has 1 saturated heterocycles. The maximum atomic E-state index is 12.6. The van der Waals surface area contributed by atoms with Gasteiger partial charge >= 0.3 is 0 Å². The SMILES string of the molecule is COc1cc(N)c(C(=O)N2CCOCC2CO)cc1OC. The summed E-state index contributed by atoms with van der Waals surface area (Å²) >= 11 is 0. The lowest BCUT2D eigenvalue weighted by atomic mass is 10.1. The summed E-state index contributed by atoms with van der Waals surface area (Å²) in [6, 6.07) is 2.75. The number of nitrogen functional groups attached to an aromatic ring is 1. The second kappa shape index (κ2) is 6.64. The van der Waals surface area contributed by atoms with Crippen LogP contribution >= 0.6 is 0 Å². The molecule has 1 fully saturated rings. The van der Waals surface area contributed by atoms with Crippen LogP contribution in [0.15, 0.2) is 12.1 Å². The van der Waals surface area contributed by atoms with E-state index in [-0.39, 0.29) is 18.6 Å². The maximum absolute atomic E-state index is 12.6. The number of rotatable bonds is 4. The Morgan fingerprint density at radius 1 is 1.43 bits per heavy atom. The van der Waals surface area contributed by atoms with Gasteiger partial charge in [0.05, 0.1) is 45.6 Å². The summed E-state index contributed by atoms with van der Waals surface area (Å²) in [4.78, 5) is 14.2. The highest BCUT2D eigenvalue weighted by Gasteiger charge is 2.29. The molecule has 1 aliphatic heterocycles. The molecular weight excluding hydrogens is 276 g/mol. The molecule has 1 aromatic rings. The molecule has 0 radical (unpaired) electrons. The normalized spacial score (nSPS) is 18.4. The molecule has 7 heteroatoms. The number of morpholine rings is 1. The van der Waals surface area contributed by atoms with Crippen molar-refractivity contribution in [1.29, 1.82) is 0 Å². The van der Waals surface area contributed by atoms with Crippen molar-refractivity contribution in [3.63, 3.8) is 0 Å². The molecule has 0 spiro atoms. The highest BCUT2D eigenvalue weighted by molar-refractivity contribution is 6.00. The first kappa shape index (κ1) is 15.4. The third-order valence-corrected chi connectivity index (χ3v) is 3.49. The van der Waals surface area contributed by atoms with E-state index in [1.165, 1.54) is 14.2 Å². The number of anilines is 1. The summed E-state index contributed by atoms with van der Waals surface area (Å²) in [7, 11) is 3.00. The van der Waals surface area contributed by atoms with Crippen LogP contribution in [0.1, 0.15) is 10.4 Å². The van der Waals surface area contributed by atoms with E-state index in [1.54, 1.807) is 17.0 Å². The molecule has 0 aromatic heterocycles. The van der Waals surface area contributed by atoms with Crippen molar-refractivity contribution in [1.82, 2.24) is 4.90 Å². The maximum Gasteiger partial charge on any atom is 0.256 e. The Morgan fingerprint density at radius 2 is 2.10 bits per heavy atom. The van der Waals surface area contributed by atoms with E-state index in [2.05, 4.69) is 0 Å². The number of hydrogen-bond acceptors (Lipinski definition) is 6. The van der Waals surface area contributed by atoms with Crippen molar-refractivity contribution < 1.29 is 24.1 Å². The van der Waals surface area contributed by atoms with Gasteiger partial charge < -0.3 is 30.0 Å². The largest absolute Gasteiger partial charge is 0.493 e. The fourth-order valence-electron chi connectivity index (χ4n) is 2.31. The van der Waals surface area contributed by atoms with Crippen molar-refractivity contribution in [3.05, 3.63) is 17.7 Å². The molecule has 116 valence electrons. The summed E-state index contributed by atoms with van der Waals surface area (Å²) in [6.07, 6.45) is 0. The van der Waals surface area contributed by atoms with Crippen molar-refractivity contribution in [3.8, 4) is 11.5 Å². The number of aliphatic hydroxyl groups excluding tert-OH is 1. The average molecular weight is 296 g/mol. The van der Waals surface area contributed by atoms with E-state index in [1.807, 2.05) is 0 Å². The van der Waals surface area contributed by atoms with Crippen molar-refractivity contribution >= 4 is 11.6 Å². The predicted octanol–water partition coefficient (Wildman–Crippen LogP) is 0.119. The Balaban J connectivity index is 2.33. The lowest BCUT2D eigenvalue weighted by molar-refractivity contribution is -0.0183. The zero-order valence-electron chi connectivity index (χ0n) is 12.2. The van der Waals surface area contributed by atoms with Gasteiger partial charge in [-0.15, -0.1) is 0 Å². The highest BCUT2D eigenvalue weighted by Crippen LogP contribution is 2.32. The van der Waals surface area contributed by atoms with Crippen LogP contribution in [0.25, 0.3) is 0 Å². The summed E-state index contributed by atoms with van der Waals surface area (Å²) in [6.45, 7) is 1.02. The van der Waals surface area contributed by atoms with Crippen LogP contribution in [0, 0.1) is 0 Å². The Hall–Kier alpha value is -1.99. The van der Waals surface area contributed by atoms with Gasteiger partial charge in [-0.25, -0.2) is 0 Å². The van der Waals surface area contributed by atoms with Crippen LogP contribution in [0.2, 0.25) is 0 Å². The Kier molecular flexibility index (Phi) is 4.87. The Bertz CT molecular complexity index is 520. The number of ether oxygens (including phenoxy) is 3. The molecule has 0 saturated carbocycles. The summed E-state index contributed by atoms with van der Waals surface area (Å²) in [5.74, 6) is 0.645. The lowest BCUT2D eigenvalue weighted by Crippen LogP contribution is -2.50. The third kappa shape index (κ3) is 3.03. The van der Waals surface area contributed by atoms with Gasteiger partial charge in [0.25, 0.3) is 5.91 Å². The minimum Gasteiger partial charge on any atom is -0.493 e. The van der Waals surface area contributed by atoms with E-state index < -0.39 is 0 Å². The number of carbonyl (C=O) groups is 1. The highest BCUT2D eigenvalue weighted by atomic mass is 16.5.